The summed E-state index contributed by atoms with van der Waals surface area (Å²) in [5.74, 6) is -0.219. The molecule has 1 aromatic carbocycles. The second-order valence-corrected chi connectivity index (χ2v) is 5.10. The van der Waals surface area contributed by atoms with Crippen molar-refractivity contribution in [2.75, 3.05) is 19.8 Å². The van der Waals surface area contributed by atoms with E-state index in [-0.39, 0.29) is 5.82 Å². The van der Waals surface area contributed by atoms with Gasteiger partial charge in [-0.25, -0.2) is 4.39 Å². The summed E-state index contributed by atoms with van der Waals surface area (Å²) in [5, 5.41) is 3.32. The van der Waals surface area contributed by atoms with Gasteiger partial charge in [-0.2, -0.15) is 0 Å². The van der Waals surface area contributed by atoms with Crippen LogP contribution in [0.4, 0.5) is 4.39 Å². The predicted molar refractivity (Wildman–Crippen MR) is 76.2 cm³/mol. The van der Waals surface area contributed by atoms with Crippen LogP contribution in [-0.2, 0) is 11.3 Å². The molecule has 0 heterocycles. The third kappa shape index (κ3) is 6.47. The SMILES string of the molecule is CCCCOCCCNCc1ccc(F)c(Br)c1. The van der Waals surface area contributed by atoms with Crippen LogP contribution in [0.2, 0.25) is 0 Å². The van der Waals surface area contributed by atoms with Crippen molar-refractivity contribution in [3.8, 4) is 0 Å². The number of unbranched alkanes of at least 4 members (excludes halogenated alkanes) is 1. The van der Waals surface area contributed by atoms with E-state index < -0.39 is 0 Å². The average molecular weight is 318 g/mol. The van der Waals surface area contributed by atoms with E-state index in [4.69, 9.17) is 4.74 Å². The van der Waals surface area contributed by atoms with Crippen LogP contribution < -0.4 is 5.32 Å². The molecule has 4 heteroatoms. The molecule has 0 fully saturated rings. The second-order valence-electron chi connectivity index (χ2n) is 4.24. The Morgan fingerprint density at radius 2 is 2.06 bits per heavy atom. The molecular formula is C14H21BrFNO. The van der Waals surface area contributed by atoms with Gasteiger partial charge in [0.05, 0.1) is 4.47 Å². The molecule has 0 aliphatic carbocycles. The van der Waals surface area contributed by atoms with Gasteiger partial charge in [-0.05, 0) is 53.0 Å². The van der Waals surface area contributed by atoms with Crippen molar-refractivity contribution in [2.45, 2.75) is 32.7 Å². The summed E-state index contributed by atoms with van der Waals surface area (Å²) in [7, 11) is 0. The lowest BCUT2D eigenvalue weighted by atomic mass is 10.2. The molecule has 1 N–H and O–H groups in total. The maximum absolute atomic E-state index is 13.0. The fraction of sp³-hybridized carbons (Fsp3) is 0.571. The molecule has 0 bridgehead atoms. The summed E-state index contributed by atoms with van der Waals surface area (Å²) >= 11 is 3.18. The summed E-state index contributed by atoms with van der Waals surface area (Å²) in [5.41, 5.74) is 1.08. The van der Waals surface area contributed by atoms with Gasteiger partial charge in [-0.15, -0.1) is 0 Å². The minimum atomic E-state index is -0.219. The van der Waals surface area contributed by atoms with Crippen LogP contribution in [0, 0.1) is 5.82 Å². The molecule has 0 amide bonds. The molecule has 18 heavy (non-hydrogen) atoms. The van der Waals surface area contributed by atoms with E-state index in [0.29, 0.717) is 4.47 Å². The smallest absolute Gasteiger partial charge is 0.137 e. The molecule has 0 atom stereocenters. The molecule has 0 aromatic heterocycles. The number of rotatable bonds is 9. The van der Waals surface area contributed by atoms with E-state index in [1.165, 1.54) is 12.5 Å². The average Bonchev–Trinajstić information content (AvgIpc) is 2.37. The highest BCUT2D eigenvalue weighted by atomic mass is 79.9. The fourth-order valence-corrected chi connectivity index (χ4v) is 1.96. The number of benzene rings is 1. The molecule has 1 rings (SSSR count). The van der Waals surface area contributed by atoms with Crippen LogP contribution in [-0.4, -0.2) is 19.8 Å². The summed E-state index contributed by atoms with van der Waals surface area (Å²) in [6.45, 7) is 5.50. The first kappa shape index (κ1) is 15.6. The van der Waals surface area contributed by atoms with Crippen LogP contribution in [0.1, 0.15) is 31.7 Å². The first-order chi connectivity index (χ1) is 8.74. The van der Waals surface area contributed by atoms with Gasteiger partial charge in [0.25, 0.3) is 0 Å². The Kier molecular flexibility index (Phi) is 8.22. The lowest BCUT2D eigenvalue weighted by Gasteiger charge is -2.06. The van der Waals surface area contributed by atoms with Crippen LogP contribution >= 0.6 is 15.9 Å². The molecule has 2 nitrogen and oxygen atoms in total. The van der Waals surface area contributed by atoms with Crippen molar-refractivity contribution in [2.24, 2.45) is 0 Å². The number of ether oxygens (including phenoxy) is 1. The van der Waals surface area contributed by atoms with Crippen molar-refractivity contribution in [1.29, 1.82) is 0 Å². The Hall–Kier alpha value is -0.450. The predicted octanol–water partition coefficient (Wildman–Crippen LogP) is 3.88. The third-order valence-electron chi connectivity index (χ3n) is 2.60. The van der Waals surface area contributed by atoms with Crippen LogP contribution in [0.3, 0.4) is 0 Å². The quantitative estimate of drug-likeness (QED) is 0.698. The van der Waals surface area contributed by atoms with Crippen molar-refractivity contribution in [1.82, 2.24) is 5.32 Å². The zero-order valence-electron chi connectivity index (χ0n) is 10.8. The molecular weight excluding hydrogens is 297 g/mol. The first-order valence-corrected chi connectivity index (χ1v) is 7.25. The summed E-state index contributed by atoms with van der Waals surface area (Å²) in [6, 6.07) is 5.08. The van der Waals surface area contributed by atoms with Crippen molar-refractivity contribution in [3.05, 3.63) is 34.1 Å². The minimum absolute atomic E-state index is 0.219. The molecule has 0 saturated carbocycles. The Morgan fingerprint density at radius 1 is 1.28 bits per heavy atom. The molecule has 0 spiro atoms. The number of nitrogens with one attached hydrogen (secondary N) is 1. The summed E-state index contributed by atoms with van der Waals surface area (Å²) in [6.07, 6.45) is 3.32. The van der Waals surface area contributed by atoms with E-state index in [9.17, 15) is 4.39 Å². The van der Waals surface area contributed by atoms with E-state index in [2.05, 4.69) is 28.2 Å². The number of hydrogen-bond acceptors (Lipinski definition) is 2. The molecule has 0 saturated heterocycles. The van der Waals surface area contributed by atoms with Gasteiger partial charge in [0.15, 0.2) is 0 Å². The Labute approximate surface area is 117 Å². The van der Waals surface area contributed by atoms with E-state index in [1.807, 2.05) is 0 Å². The van der Waals surface area contributed by atoms with Crippen LogP contribution in [0.5, 0.6) is 0 Å². The number of hydrogen-bond donors (Lipinski definition) is 1. The largest absolute Gasteiger partial charge is 0.381 e. The van der Waals surface area contributed by atoms with Gasteiger partial charge < -0.3 is 10.1 Å². The Morgan fingerprint density at radius 3 is 2.78 bits per heavy atom. The van der Waals surface area contributed by atoms with Crippen molar-refractivity contribution in [3.63, 3.8) is 0 Å². The van der Waals surface area contributed by atoms with Gasteiger partial charge in [0.1, 0.15) is 5.82 Å². The van der Waals surface area contributed by atoms with Crippen LogP contribution in [0.15, 0.2) is 22.7 Å². The molecule has 102 valence electrons. The summed E-state index contributed by atoms with van der Waals surface area (Å²) in [4.78, 5) is 0. The normalized spacial score (nSPS) is 10.8. The van der Waals surface area contributed by atoms with Gasteiger partial charge in [0, 0.05) is 19.8 Å². The van der Waals surface area contributed by atoms with E-state index >= 15 is 0 Å². The lowest BCUT2D eigenvalue weighted by molar-refractivity contribution is 0.129. The Bertz CT molecular complexity index is 347. The molecule has 1 aromatic rings. The minimum Gasteiger partial charge on any atom is -0.381 e. The molecule has 0 aliphatic rings. The van der Waals surface area contributed by atoms with Gasteiger partial charge >= 0.3 is 0 Å². The van der Waals surface area contributed by atoms with Crippen LogP contribution in [0.25, 0.3) is 0 Å². The Balaban J connectivity index is 2.05. The molecule has 0 radical (unpaired) electrons. The van der Waals surface area contributed by atoms with E-state index in [0.717, 1.165) is 44.7 Å². The third-order valence-corrected chi connectivity index (χ3v) is 3.21. The van der Waals surface area contributed by atoms with Gasteiger partial charge in [-0.3, -0.25) is 0 Å². The van der Waals surface area contributed by atoms with Crippen molar-refractivity contribution >= 4 is 15.9 Å². The first-order valence-electron chi connectivity index (χ1n) is 6.46. The summed E-state index contributed by atoms with van der Waals surface area (Å²) < 4.78 is 19.0. The van der Waals surface area contributed by atoms with E-state index in [1.54, 1.807) is 12.1 Å². The van der Waals surface area contributed by atoms with Gasteiger partial charge in [-0.1, -0.05) is 19.4 Å². The lowest BCUT2D eigenvalue weighted by Crippen LogP contribution is -2.16. The second kappa shape index (κ2) is 9.48. The maximum atomic E-state index is 13.0. The maximum Gasteiger partial charge on any atom is 0.137 e. The highest BCUT2D eigenvalue weighted by Gasteiger charge is 1.99. The highest BCUT2D eigenvalue weighted by Crippen LogP contribution is 2.16. The highest BCUT2D eigenvalue weighted by molar-refractivity contribution is 9.10. The monoisotopic (exact) mass is 317 g/mol. The van der Waals surface area contributed by atoms with Gasteiger partial charge in [0.2, 0.25) is 0 Å². The number of halogens is 2. The molecule has 0 aliphatic heterocycles. The fourth-order valence-electron chi connectivity index (χ4n) is 1.53. The topological polar surface area (TPSA) is 21.3 Å². The van der Waals surface area contributed by atoms with Crippen molar-refractivity contribution < 1.29 is 9.13 Å². The zero-order chi connectivity index (χ0) is 13.2. The zero-order valence-corrected chi connectivity index (χ0v) is 12.4. The standard InChI is InChI=1S/C14H21BrFNO/c1-2-3-8-18-9-4-7-17-11-12-5-6-14(16)13(15)10-12/h5-6,10,17H,2-4,7-9,11H2,1H3. The molecule has 0 unspecified atom stereocenters.